The average molecular weight is 272 g/mol. The fraction of sp³-hybridized carbons (Fsp3) is 0.588. The number of fused-ring (bicyclic) bond motifs is 1. The summed E-state index contributed by atoms with van der Waals surface area (Å²) in [7, 11) is 0. The number of rotatable bonds is 2. The third-order valence-electron chi connectivity index (χ3n) is 5.03. The van der Waals surface area contributed by atoms with Crippen molar-refractivity contribution < 1.29 is 4.79 Å². The first-order chi connectivity index (χ1) is 9.63. The SMILES string of the molecule is CC1CCC(NC(=O)C2Cc3ccccc3N2)CC1C. The number of hydrogen-bond donors (Lipinski definition) is 2. The minimum Gasteiger partial charge on any atom is -0.373 e. The summed E-state index contributed by atoms with van der Waals surface area (Å²) in [5.74, 6) is 1.66. The summed E-state index contributed by atoms with van der Waals surface area (Å²) in [5, 5.41) is 6.58. The molecule has 108 valence electrons. The zero-order valence-electron chi connectivity index (χ0n) is 12.4. The number of hydrogen-bond acceptors (Lipinski definition) is 2. The van der Waals surface area contributed by atoms with Crippen LogP contribution in [0.2, 0.25) is 0 Å². The van der Waals surface area contributed by atoms with E-state index < -0.39 is 0 Å². The number of nitrogens with one attached hydrogen (secondary N) is 2. The molecule has 3 nitrogen and oxygen atoms in total. The zero-order valence-corrected chi connectivity index (χ0v) is 12.4. The van der Waals surface area contributed by atoms with Gasteiger partial charge in [0.2, 0.25) is 5.91 Å². The van der Waals surface area contributed by atoms with Gasteiger partial charge in [-0.05, 0) is 42.7 Å². The van der Waals surface area contributed by atoms with Gasteiger partial charge in [-0.2, -0.15) is 0 Å². The van der Waals surface area contributed by atoms with Crippen LogP contribution in [0.4, 0.5) is 5.69 Å². The molecule has 1 aromatic rings. The van der Waals surface area contributed by atoms with Crippen LogP contribution in [0.3, 0.4) is 0 Å². The normalized spacial score (nSPS) is 32.3. The number of para-hydroxylation sites is 1. The van der Waals surface area contributed by atoms with Crippen molar-refractivity contribution in [3.63, 3.8) is 0 Å². The molecule has 1 fully saturated rings. The first-order valence-corrected chi connectivity index (χ1v) is 7.78. The maximum Gasteiger partial charge on any atom is 0.243 e. The first-order valence-electron chi connectivity index (χ1n) is 7.78. The van der Waals surface area contributed by atoms with Crippen molar-refractivity contribution in [1.29, 1.82) is 0 Å². The summed E-state index contributed by atoms with van der Waals surface area (Å²) in [6.45, 7) is 4.62. The van der Waals surface area contributed by atoms with E-state index in [-0.39, 0.29) is 11.9 Å². The van der Waals surface area contributed by atoms with Crippen molar-refractivity contribution in [3.8, 4) is 0 Å². The minimum absolute atomic E-state index is 0.0953. The Morgan fingerprint density at radius 2 is 2.00 bits per heavy atom. The predicted octanol–water partition coefficient (Wildman–Crippen LogP) is 2.96. The monoisotopic (exact) mass is 272 g/mol. The van der Waals surface area contributed by atoms with Crippen LogP contribution in [-0.4, -0.2) is 18.0 Å². The largest absolute Gasteiger partial charge is 0.373 e. The number of carbonyl (C=O) groups is 1. The number of benzene rings is 1. The van der Waals surface area contributed by atoms with Crippen molar-refractivity contribution in [2.75, 3.05) is 5.32 Å². The molecule has 0 saturated heterocycles. The highest BCUT2D eigenvalue weighted by Gasteiger charge is 2.30. The van der Waals surface area contributed by atoms with Gasteiger partial charge in [0.1, 0.15) is 6.04 Å². The summed E-state index contributed by atoms with van der Waals surface area (Å²) in [4.78, 5) is 12.4. The maximum absolute atomic E-state index is 12.4. The van der Waals surface area contributed by atoms with Crippen molar-refractivity contribution in [2.24, 2.45) is 11.8 Å². The lowest BCUT2D eigenvalue weighted by atomic mass is 9.79. The lowest BCUT2D eigenvalue weighted by molar-refractivity contribution is -0.122. The molecule has 0 spiro atoms. The van der Waals surface area contributed by atoms with Crippen LogP contribution < -0.4 is 10.6 Å². The van der Waals surface area contributed by atoms with Gasteiger partial charge < -0.3 is 10.6 Å². The van der Waals surface area contributed by atoms with Gasteiger partial charge in [0.25, 0.3) is 0 Å². The Hall–Kier alpha value is -1.51. The van der Waals surface area contributed by atoms with Crippen molar-refractivity contribution in [2.45, 2.75) is 51.6 Å². The molecule has 4 atom stereocenters. The van der Waals surface area contributed by atoms with Gasteiger partial charge >= 0.3 is 0 Å². The van der Waals surface area contributed by atoms with Gasteiger partial charge in [0, 0.05) is 18.2 Å². The van der Waals surface area contributed by atoms with Crippen LogP contribution in [0.1, 0.15) is 38.7 Å². The molecule has 1 saturated carbocycles. The third kappa shape index (κ3) is 2.67. The molecule has 2 N–H and O–H groups in total. The summed E-state index contributed by atoms with van der Waals surface area (Å²) >= 11 is 0. The van der Waals surface area contributed by atoms with Crippen molar-refractivity contribution in [1.82, 2.24) is 5.32 Å². The smallest absolute Gasteiger partial charge is 0.243 e. The van der Waals surface area contributed by atoms with Gasteiger partial charge in [-0.25, -0.2) is 0 Å². The summed E-state index contributed by atoms with van der Waals surface area (Å²) in [6, 6.07) is 8.45. The molecule has 0 bridgehead atoms. The van der Waals surface area contributed by atoms with E-state index in [9.17, 15) is 4.79 Å². The van der Waals surface area contributed by atoms with Gasteiger partial charge in [0.05, 0.1) is 0 Å². The van der Waals surface area contributed by atoms with Crippen LogP contribution in [0.25, 0.3) is 0 Å². The summed E-state index contributed by atoms with van der Waals surface area (Å²) in [6.07, 6.45) is 4.27. The van der Waals surface area contributed by atoms with Gasteiger partial charge in [0.15, 0.2) is 0 Å². The van der Waals surface area contributed by atoms with Crippen LogP contribution in [0.5, 0.6) is 0 Å². The van der Waals surface area contributed by atoms with Gasteiger partial charge in [-0.3, -0.25) is 4.79 Å². The molecule has 1 aliphatic heterocycles. The number of anilines is 1. The fourth-order valence-corrected chi connectivity index (χ4v) is 3.44. The van der Waals surface area contributed by atoms with Crippen LogP contribution in [-0.2, 0) is 11.2 Å². The van der Waals surface area contributed by atoms with E-state index in [1.54, 1.807) is 0 Å². The summed E-state index contributed by atoms with van der Waals surface area (Å²) < 4.78 is 0. The standard InChI is InChI=1S/C17H24N2O/c1-11-7-8-14(9-12(11)2)18-17(20)16-10-13-5-3-4-6-15(13)19-16/h3-6,11-12,14,16,19H,7-10H2,1-2H3,(H,18,20). The topological polar surface area (TPSA) is 41.1 Å². The van der Waals surface area contributed by atoms with E-state index >= 15 is 0 Å². The van der Waals surface area contributed by atoms with Crippen LogP contribution in [0.15, 0.2) is 24.3 Å². The molecule has 4 unspecified atom stereocenters. The quantitative estimate of drug-likeness (QED) is 0.869. The molecule has 3 heteroatoms. The second-order valence-corrected chi connectivity index (χ2v) is 6.53. The maximum atomic E-state index is 12.4. The first kappa shape index (κ1) is 13.5. The molecule has 0 radical (unpaired) electrons. The van der Waals surface area contributed by atoms with E-state index in [4.69, 9.17) is 0 Å². The molecule has 1 aromatic carbocycles. The second kappa shape index (κ2) is 5.47. The Morgan fingerprint density at radius 3 is 2.75 bits per heavy atom. The molecular formula is C17H24N2O. The zero-order chi connectivity index (χ0) is 14.1. The highest BCUT2D eigenvalue weighted by atomic mass is 16.2. The molecule has 2 aliphatic rings. The summed E-state index contributed by atoms with van der Waals surface area (Å²) in [5.41, 5.74) is 2.36. The fourth-order valence-electron chi connectivity index (χ4n) is 3.44. The number of amides is 1. The Balaban J connectivity index is 1.56. The Bertz CT molecular complexity index is 475. The minimum atomic E-state index is -0.0953. The van der Waals surface area contributed by atoms with Gasteiger partial charge in [-0.1, -0.05) is 32.0 Å². The molecular weight excluding hydrogens is 248 g/mol. The van der Waals surface area contributed by atoms with Crippen LogP contribution in [0, 0.1) is 11.8 Å². The highest BCUT2D eigenvalue weighted by Crippen LogP contribution is 2.30. The van der Waals surface area contributed by atoms with Crippen LogP contribution >= 0.6 is 0 Å². The van der Waals surface area contributed by atoms with Crippen molar-refractivity contribution in [3.05, 3.63) is 29.8 Å². The molecule has 0 aromatic heterocycles. The molecule has 20 heavy (non-hydrogen) atoms. The van der Waals surface area contributed by atoms with E-state index in [1.165, 1.54) is 12.0 Å². The second-order valence-electron chi connectivity index (χ2n) is 6.53. The molecule has 3 rings (SSSR count). The van der Waals surface area contributed by atoms with Gasteiger partial charge in [-0.15, -0.1) is 0 Å². The Labute approximate surface area is 121 Å². The van der Waals surface area contributed by atoms with Crippen molar-refractivity contribution >= 4 is 11.6 Å². The molecule has 1 heterocycles. The molecule has 1 aliphatic carbocycles. The van der Waals surface area contributed by atoms with E-state index in [2.05, 4.69) is 30.5 Å². The third-order valence-corrected chi connectivity index (χ3v) is 5.03. The highest BCUT2D eigenvalue weighted by molar-refractivity contribution is 5.87. The Morgan fingerprint density at radius 1 is 1.20 bits per heavy atom. The molecule has 1 amide bonds. The number of carbonyl (C=O) groups excluding carboxylic acids is 1. The van der Waals surface area contributed by atoms with E-state index in [1.807, 2.05) is 18.2 Å². The van der Waals surface area contributed by atoms with E-state index in [0.29, 0.717) is 12.0 Å². The lowest BCUT2D eigenvalue weighted by Crippen LogP contribution is -2.46. The van der Waals surface area contributed by atoms with E-state index in [0.717, 1.165) is 30.9 Å². The predicted molar refractivity (Wildman–Crippen MR) is 81.7 cm³/mol. The lowest BCUT2D eigenvalue weighted by Gasteiger charge is -2.33. The Kier molecular flexibility index (Phi) is 3.68. The average Bonchev–Trinajstić information content (AvgIpc) is 2.87.